The van der Waals surface area contributed by atoms with E-state index in [-0.39, 0.29) is 18.0 Å². The molecule has 0 radical (unpaired) electrons. The molecule has 0 unspecified atom stereocenters. The zero-order chi connectivity index (χ0) is 24.6. The molecule has 0 saturated heterocycles. The van der Waals surface area contributed by atoms with E-state index in [9.17, 15) is 13.2 Å². The number of carbonyl (C=O) groups is 1. The maximum absolute atomic E-state index is 13.4. The Labute approximate surface area is 200 Å². The molecule has 0 fully saturated rings. The van der Waals surface area contributed by atoms with Crippen LogP contribution in [-0.4, -0.2) is 48.2 Å². The van der Waals surface area contributed by atoms with Crippen LogP contribution < -0.4 is 23.8 Å². The number of anilines is 1. The Morgan fingerprint density at radius 1 is 0.912 bits per heavy atom. The van der Waals surface area contributed by atoms with Crippen LogP contribution in [0.4, 0.5) is 5.69 Å². The molecule has 0 spiro atoms. The van der Waals surface area contributed by atoms with Gasteiger partial charge in [-0.2, -0.15) is 0 Å². The third kappa shape index (κ3) is 6.20. The number of hydrogen-bond acceptors (Lipinski definition) is 6. The zero-order valence-electron chi connectivity index (χ0n) is 19.4. The minimum Gasteiger partial charge on any atom is -0.497 e. The number of para-hydroxylation sites is 2. The van der Waals surface area contributed by atoms with Gasteiger partial charge in [-0.1, -0.05) is 35.9 Å². The fourth-order valence-corrected chi connectivity index (χ4v) is 4.61. The normalized spacial score (nSPS) is 10.9. The maximum Gasteiger partial charge on any atom is 0.264 e. The average molecular weight is 485 g/mol. The van der Waals surface area contributed by atoms with Crippen molar-refractivity contribution in [2.24, 2.45) is 0 Å². The molecule has 1 amide bonds. The first-order chi connectivity index (χ1) is 16.3. The van der Waals surface area contributed by atoms with Crippen LogP contribution in [-0.2, 0) is 14.8 Å². The lowest BCUT2D eigenvalue weighted by molar-refractivity contribution is -0.119. The number of rotatable bonds is 11. The standard InChI is InChI=1S/C25H28N2O6S/c1-19-11-13-22(14-12-19)34(29,30)27(20-7-6-8-21(17-20)31-2)18-25(28)26-15-16-33-24-10-5-4-9-23(24)32-3/h4-14,17H,15-16,18H2,1-3H3,(H,26,28). The topological polar surface area (TPSA) is 94.2 Å². The highest BCUT2D eigenvalue weighted by Gasteiger charge is 2.27. The predicted molar refractivity (Wildman–Crippen MR) is 130 cm³/mol. The van der Waals surface area contributed by atoms with Crippen LogP contribution in [0.2, 0.25) is 0 Å². The molecule has 0 aliphatic carbocycles. The molecule has 1 N–H and O–H groups in total. The minimum absolute atomic E-state index is 0.0909. The second-order valence-electron chi connectivity index (χ2n) is 7.38. The fraction of sp³-hybridized carbons (Fsp3) is 0.240. The van der Waals surface area contributed by atoms with E-state index in [2.05, 4.69) is 5.32 Å². The second-order valence-corrected chi connectivity index (χ2v) is 9.24. The van der Waals surface area contributed by atoms with Crippen LogP contribution in [0.3, 0.4) is 0 Å². The van der Waals surface area contributed by atoms with E-state index in [1.807, 2.05) is 19.1 Å². The number of amides is 1. The number of nitrogens with zero attached hydrogens (tertiary/aromatic N) is 1. The first-order valence-corrected chi connectivity index (χ1v) is 12.0. The predicted octanol–water partition coefficient (Wildman–Crippen LogP) is 3.40. The molecule has 0 saturated carbocycles. The lowest BCUT2D eigenvalue weighted by Crippen LogP contribution is -2.41. The van der Waals surface area contributed by atoms with Crippen LogP contribution in [0.15, 0.2) is 77.7 Å². The van der Waals surface area contributed by atoms with Gasteiger partial charge >= 0.3 is 0 Å². The number of ether oxygens (including phenoxy) is 3. The Hall–Kier alpha value is -3.72. The summed E-state index contributed by atoms with van der Waals surface area (Å²) in [7, 11) is -0.965. The molecule has 3 aromatic rings. The van der Waals surface area contributed by atoms with E-state index < -0.39 is 22.5 Å². The van der Waals surface area contributed by atoms with Gasteiger partial charge < -0.3 is 19.5 Å². The number of hydrogen-bond donors (Lipinski definition) is 1. The molecule has 180 valence electrons. The number of methoxy groups -OCH3 is 2. The monoisotopic (exact) mass is 484 g/mol. The SMILES string of the molecule is COc1cccc(N(CC(=O)NCCOc2ccccc2OC)S(=O)(=O)c2ccc(C)cc2)c1. The molecular formula is C25H28N2O6S. The van der Waals surface area contributed by atoms with Crippen molar-refractivity contribution in [2.45, 2.75) is 11.8 Å². The molecule has 0 bridgehead atoms. The Kier molecular flexibility index (Phi) is 8.37. The summed E-state index contributed by atoms with van der Waals surface area (Å²) in [5.74, 6) is 1.15. The third-order valence-electron chi connectivity index (χ3n) is 4.99. The van der Waals surface area contributed by atoms with Gasteiger partial charge in [0, 0.05) is 6.07 Å². The summed E-state index contributed by atoms with van der Waals surface area (Å²) < 4.78 is 44.1. The Bertz CT molecular complexity index is 1210. The lowest BCUT2D eigenvalue weighted by Gasteiger charge is -2.24. The van der Waals surface area contributed by atoms with Gasteiger partial charge in [0.2, 0.25) is 5.91 Å². The van der Waals surface area contributed by atoms with E-state index in [0.717, 1.165) is 9.87 Å². The van der Waals surface area contributed by atoms with Gasteiger partial charge in [-0.15, -0.1) is 0 Å². The second kappa shape index (κ2) is 11.4. The van der Waals surface area contributed by atoms with Gasteiger partial charge in [-0.3, -0.25) is 9.10 Å². The van der Waals surface area contributed by atoms with Crippen molar-refractivity contribution < 1.29 is 27.4 Å². The fourth-order valence-electron chi connectivity index (χ4n) is 3.19. The first-order valence-electron chi connectivity index (χ1n) is 10.6. The molecule has 3 rings (SSSR count). The van der Waals surface area contributed by atoms with Crippen LogP contribution in [0.25, 0.3) is 0 Å². The Morgan fingerprint density at radius 3 is 2.29 bits per heavy atom. The average Bonchev–Trinajstić information content (AvgIpc) is 2.85. The van der Waals surface area contributed by atoms with Gasteiger partial charge in [-0.05, 0) is 43.3 Å². The molecule has 8 nitrogen and oxygen atoms in total. The Balaban J connectivity index is 1.73. The summed E-state index contributed by atoms with van der Waals surface area (Å²) >= 11 is 0. The molecule has 0 aliphatic rings. The van der Waals surface area contributed by atoms with Crippen molar-refractivity contribution in [2.75, 3.05) is 38.2 Å². The van der Waals surface area contributed by atoms with Gasteiger partial charge in [0.05, 0.1) is 31.3 Å². The lowest BCUT2D eigenvalue weighted by atomic mass is 10.2. The first kappa shape index (κ1) is 24.9. The minimum atomic E-state index is -4.00. The molecule has 9 heteroatoms. The van der Waals surface area contributed by atoms with Crippen molar-refractivity contribution in [3.63, 3.8) is 0 Å². The van der Waals surface area contributed by atoms with E-state index in [1.165, 1.54) is 19.2 Å². The summed E-state index contributed by atoms with van der Waals surface area (Å²) in [6.07, 6.45) is 0. The van der Waals surface area contributed by atoms with Crippen molar-refractivity contribution in [1.29, 1.82) is 0 Å². The molecule has 0 heterocycles. The summed E-state index contributed by atoms with van der Waals surface area (Å²) in [5.41, 5.74) is 1.25. The van der Waals surface area contributed by atoms with E-state index in [1.54, 1.807) is 55.6 Å². The van der Waals surface area contributed by atoms with Crippen molar-refractivity contribution in [3.05, 3.63) is 78.4 Å². The van der Waals surface area contributed by atoms with E-state index >= 15 is 0 Å². The molecular weight excluding hydrogens is 456 g/mol. The number of carbonyl (C=O) groups excluding carboxylic acids is 1. The van der Waals surface area contributed by atoms with Crippen LogP contribution in [0, 0.1) is 6.92 Å². The zero-order valence-corrected chi connectivity index (χ0v) is 20.2. The van der Waals surface area contributed by atoms with E-state index in [0.29, 0.717) is 22.9 Å². The van der Waals surface area contributed by atoms with Gasteiger partial charge in [-0.25, -0.2) is 8.42 Å². The van der Waals surface area contributed by atoms with Crippen LogP contribution >= 0.6 is 0 Å². The number of benzene rings is 3. The summed E-state index contributed by atoms with van der Waals surface area (Å²) in [6, 6.07) is 20.2. The molecule has 3 aromatic carbocycles. The van der Waals surface area contributed by atoms with Crippen molar-refractivity contribution in [1.82, 2.24) is 5.32 Å². The van der Waals surface area contributed by atoms with Crippen LogP contribution in [0.5, 0.6) is 17.2 Å². The molecule has 0 atom stereocenters. The smallest absolute Gasteiger partial charge is 0.264 e. The number of aryl methyl sites for hydroxylation is 1. The highest BCUT2D eigenvalue weighted by atomic mass is 32.2. The Morgan fingerprint density at radius 2 is 1.62 bits per heavy atom. The number of nitrogens with one attached hydrogen (secondary N) is 1. The van der Waals surface area contributed by atoms with E-state index in [4.69, 9.17) is 14.2 Å². The quantitative estimate of drug-likeness (QED) is 0.419. The molecule has 0 aliphatic heterocycles. The highest BCUT2D eigenvalue weighted by Crippen LogP contribution is 2.27. The van der Waals surface area contributed by atoms with Crippen LogP contribution in [0.1, 0.15) is 5.56 Å². The van der Waals surface area contributed by atoms with Crippen molar-refractivity contribution in [3.8, 4) is 17.2 Å². The highest BCUT2D eigenvalue weighted by molar-refractivity contribution is 7.92. The summed E-state index contributed by atoms with van der Waals surface area (Å²) in [4.78, 5) is 12.8. The third-order valence-corrected chi connectivity index (χ3v) is 6.78. The number of sulfonamides is 1. The van der Waals surface area contributed by atoms with Gasteiger partial charge in [0.25, 0.3) is 10.0 Å². The molecule has 34 heavy (non-hydrogen) atoms. The summed E-state index contributed by atoms with van der Waals surface area (Å²) in [6.45, 7) is 1.85. The maximum atomic E-state index is 13.4. The summed E-state index contributed by atoms with van der Waals surface area (Å²) in [5, 5.41) is 2.71. The largest absolute Gasteiger partial charge is 0.497 e. The van der Waals surface area contributed by atoms with Gasteiger partial charge in [0.1, 0.15) is 18.9 Å². The van der Waals surface area contributed by atoms with Crippen molar-refractivity contribution >= 4 is 21.6 Å². The molecule has 0 aromatic heterocycles. The van der Waals surface area contributed by atoms with Gasteiger partial charge in [0.15, 0.2) is 11.5 Å².